The number of aromatic nitrogens is 4. The van der Waals surface area contributed by atoms with Crippen molar-refractivity contribution in [2.45, 2.75) is 26.2 Å². The van der Waals surface area contributed by atoms with Gasteiger partial charge in [-0.05, 0) is 29.8 Å². The van der Waals surface area contributed by atoms with E-state index in [9.17, 15) is 14.4 Å². The van der Waals surface area contributed by atoms with Crippen LogP contribution in [0.25, 0.3) is 12.2 Å². The third kappa shape index (κ3) is 5.69. The summed E-state index contributed by atoms with van der Waals surface area (Å²) in [5.41, 5.74) is 1.38. The molecule has 0 aliphatic heterocycles. The van der Waals surface area contributed by atoms with Crippen LogP contribution in [0.1, 0.15) is 53.6 Å². The van der Waals surface area contributed by atoms with Gasteiger partial charge in [-0.3, -0.25) is 14.4 Å². The number of rotatable bonds is 7. The number of ketones is 1. The quantitative estimate of drug-likeness (QED) is 0.311. The molecule has 202 valence electrons. The van der Waals surface area contributed by atoms with Gasteiger partial charge in [-0.2, -0.15) is 0 Å². The Balaban J connectivity index is 1.74. The summed E-state index contributed by atoms with van der Waals surface area (Å²) in [6.07, 6.45) is 4.59. The van der Waals surface area contributed by atoms with Gasteiger partial charge in [0.15, 0.2) is 17.3 Å². The summed E-state index contributed by atoms with van der Waals surface area (Å²) >= 11 is 0. The molecule has 0 atom stereocenters. The number of imidazole rings is 1. The second-order valence-electron chi connectivity index (χ2n) is 9.80. The van der Waals surface area contributed by atoms with Crippen LogP contribution in [0, 0.1) is 0 Å². The zero-order chi connectivity index (χ0) is 28.3. The molecule has 0 radical (unpaired) electrons. The van der Waals surface area contributed by atoms with E-state index in [1.54, 1.807) is 42.7 Å². The van der Waals surface area contributed by atoms with E-state index in [-0.39, 0.29) is 27.5 Å². The molecule has 0 unspecified atom stereocenters. The maximum atomic E-state index is 13.4. The normalized spacial score (nSPS) is 12.5. The Morgan fingerprint density at radius 3 is 2.08 bits per heavy atom. The van der Waals surface area contributed by atoms with E-state index in [1.165, 1.54) is 33.5 Å². The number of ether oxygens (including phenoxy) is 3. The summed E-state index contributed by atoms with van der Waals surface area (Å²) in [7, 11) is 4.44. The molecule has 4 rings (SSSR count). The summed E-state index contributed by atoms with van der Waals surface area (Å²) in [5.74, 6) is 0.823. The van der Waals surface area contributed by atoms with Crippen molar-refractivity contribution in [2.75, 3.05) is 21.3 Å². The summed E-state index contributed by atoms with van der Waals surface area (Å²) in [4.78, 5) is 51.7. The minimum absolute atomic E-state index is 0.0449. The van der Waals surface area contributed by atoms with E-state index >= 15 is 0 Å². The van der Waals surface area contributed by atoms with E-state index < -0.39 is 11.1 Å². The highest BCUT2D eigenvalue weighted by molar-refractivity contribution is 6.11. The van der Waals surface area contributed by atoms with E-state index in [2.05, 4.69) is 19.9 Å². The first-order valence-electron chi connectivity index (χ1n) is 12.1. The van der Waals surface area contributed by atoms with Gasteiger partial charge in [-0.25, -0.2) is 4.98 Å². The zero-order valence-electron chi connectivity index (χ0n) is 22.6. The van der Waals surface area contributed by atoms with Crippen LogP contribution in [0.3, 0.4) is 0 Å². The third-order valence-electron chi connectivity index (χ3n) is 6.10. The summed E-state index contributed by atoms with van der Waals surface area (Å²) < 4.78 is 16.0. The molecule has 0 aliphatic rings. The number of methoxy groups -OCH3 is 3. The Bertz CT molecular complexity index is 1770. The van der Waals surface area contributed by atoms with E-state index in [0.717, 1.165) is 5.69 Å². The first-order chi connectivity index (χ1) is 18.5. The first kappa shape index (κ1) is 27.2. The maximum absolute atomic E-state index is 13.4. The number of nitrogens with one attached hydrogen (secondary N) is 3. The van der Waals surface area contributed by atoms with Crippen LogP contribution < -0.4 is 36.0 Å². The number of aromatic amines is 3. The molecule has 3 N–H and O–H groups in total. The van der Waals surface area contributed by atoms with Crippen LogP contribution in [-0.4, -0.2) is 47.0 Å². The lowest BCUT2D eigenvalue weighted by atomic mass is 9.90. The van der Waals surface area contributed by atoms with Crippen molar-refractivity contribution in [3.8, 4) is 17.2 Å². The van der Waals surface area contributed by atoms with Crippen LogP contribution in [0.4, 0.5) is 0 Å². The zero-order valence-corrected chi connectivity index (χ0v) is 22.6. The van der Waals surface area contributed by atoms with Gasteiger partial charge in [-0.15, -0.1) is 0 Å². The van der Waals surface area contributed by atoms with Crippen molar-refractivity contribution in [1.29, 1.82) is 0 Å². The van der Waals surface area contributed by atoms with Crippen molar-refractivity contribution in [1.82, 2.24) is 19.9 Å². The smallest absolute Gasteiger partial charge is 0.272 e. The van der Waals surface area contributed by atoms with Crippen LogP contribution in [0.2, 0.25) is 0 Å². The lowest BCUT2D eigenvalue weighted by Gasteiger charge is -2.16. The van der Waals surface area contributed by atoms with Gasteiger partial charge in [0.2, 0.25) is 0 Å². The minimum Gasteiger partial charge on any atom is -0.496 e. The van der Waals surface area contributed by atoms with E-state index in [0.29, 0.717) is 34.1 Å². The fourth-order valence-corrected chi connectivity index (χ4v) is 4.15. The van der Waals surface area contributed by atoms with Crippen LogP contribution in [0.15, 0.2) is 52.3 Å². The van der Waals surface area contributed by atoms with Crippen molar-refractivity contribution in [3.63, 3.8) is 0 Å². The Morgan fingerprint density at radius 1 is 0.846 bits per heavy atom. The standard InChI is InChI=1S/C29H30N4O6/c1-29(2,3)26-19(30-15-31-26)13-21-28(36)32-20(27(35)33-21)11-16-8-7-9-17(10-16)25(34)18-12-23(38-5)24(39-6)14-22(18)37-4/h7-15H,1-6H3,(H,30,31)(H,32,36)(H,33,35)/b20-11-,21-13-. The molecule has 0 bridgehead atoms. The molecule has 2 aromatic carbocycles. The highest BCUT2D eigenvalue weighted by Crippen LogP contribution is 2.35. The molecule has 39 heavy (non-hydrogen) atoms. The lowest BCUT2D eigenvalue weighted by molar-refractivity contribution is 0.103. The van der Waals surface area contributed by atoms with Gasteiger partial charge in [0.1, 0.15) is 16.4 Å². The fraction of sp³-hybridized carbons (Fsp3) is 0.241. The highest BCUT2D eigenvalue weighted by atomic mass is 16.5. The van der Waals surface area contributed by atoms with Gasteiger partial charge in [0.05, 0.1) is 38.9 Å². The van der Waals surface area contributed by atoms with Gasteiger partial charge < -0.3 is 29.2 Å². The van der Waals surface area contributed by atoms with Gasteiger partial charge in [-0.1, -0.05) is 39.0 Å². The molecule has 0 amide bonds. The van der Waals surface area contributed by atoms with Crippen molar-refractivity contribution >= 4 is 17.9 Å². The second-order valence-corrected chi connectivity index (χ2v) is 9.80. The average Bonchev–Trinajstić information content (AvgIpc) is 3.39. The molecule has 2 aromatic heterocycles. The van der Waals surface area contributed by atoms with Crippen molar-refractivity contribution in [2.24, 2.45) is 0 Å². The maximum Gasteiger partial charge on any atom is 0.272 e. The second kappa shape index (κ2) is 10.9. The topological polar surface area (TPSA) is 139 Å². The number of nitrogens with zero attached hydrogens (tertiary/aromatic N) is 1. The van der Waals surface area contributed by atoms with Crippen molar-refractivity contribution < 1.29 is 19.0 Å². The fourth-order valence-electron chi connectivity index (χ4n) is 4.15. The molecule has 0 fully saturated rings. The Hall–Kier alpha value is -4.86. The lowest BCUT2D eigenvalue weighted by Crippen LogP contribution is -2.46. The number of hydrogen-bond donors (Lipinski definition) is 3. The molecule has 0 saturated heterocycles. The molecule has 0 aliphatic carbocycles. The number of benzene rings is 2. The van der Waals surface area contributed by atoms with Crippen molar-refractivity contribution in [3.05, 3.63) is 102 Å². The molecule has 0 saturated carbocycles. The van der Waals surface area contributed by atoms with Crippen LogP contribution in [-0.2, 0) is 5.41 Å². The van der Waals surface area contributed by atoms with Crippen LogP contribution >= 0.6 is 0 Å². The largest absolute Gasteiger partial charge is 0.496 e. The molecule has 10 nitrogen and oxygen atoms in total. The monoisotopic (exact) mass is 530 g/mol. The van der Waals surface area contributed by atoms with Gasteiger partial charge in [0.25, 0.3) is 11.1 Å². The third-order valence-corrected chi connectivity index (χ3v) is 6.10. The summed E-state index contributed by atoms with van der Waals surface area (Å²) in [5, 5.41) is 0.128. The molecule has 4 aromatic rings. The first-order valence-corrected chi connectivity index (χ1v) is 12.1. The number of carbonyl (C=O) groups is 1. The highest BCUT2D eigenvalue weighted by Gasteiger charge is 2.20. The molecule has 0 spiro atoms. The Kier molecular flexibility index (Phi) is 7.57. The predicted octanol–water partition coefficient (Wildman–Crippen LogP) is 2.00. The molecule has 2 heterocycles. The number of H-pyrrole nitrogens is 3. The number of hydrogen-bond acceptors (Lipinski definition) is 7. The van der Waals surface area contributed by atoms with Gasteiger partial charge in [0, 0.05) is 22.7 Å². The Morgan fingerprint density at radius 2 is 1.46 bits per heavy atom. The summed E-state index contributed by atoms with van der Waals surface area (Å²) in [6, 6.07) is 9.82. The van der Waals surface area contributed by atoms with Crippen LogP contribution in [0.5, 0.6) is 17.2 Å². The predicted molar refractivity (Wildman–Crippen MR) is 147 cm³/mol. The van der Waals surface area contributed by atoms with Gasteiger partial charge >= 0.3 is 0 Å². The number of carbonyl (C=O) groups excluding carboxylic acids is 1. The minimum atomic E-state index is -0.494. The molecular formula is C29H30N4O6. The Labute approximate surface area is 224 Å². The van der Waals surface area contributed by atoms with E-state index in [1.807, 2.05) is 20.8 Å². The average molecular weight is 531 g/mol. The summed E-state index contributed by atoms with van der Waals surface area (Å²) in [6.45, 7) is 6.05. The molecular weight excluding hydrogens is 500 g/mol. The SMILES string of the molecule is COc1cc(OC)c(C(=O)c2cccc(/C=c3\[nH]c(=O)/c(=C/c4nc[nH]c4C(C)(C)C)[nH]c3=O)c2)cc1OC. The van der Waals surface area contributed by atoms with E-state index in [4.69, 9.17) is 14.2 Å². The molecule has 10 heteroatoms.